The zero-order valence-corrected chi connectivity index (χ0v) is 8.92. The maximum Gasteiger partial charge on any atom is 0.331 e. The van der Waals surface area contributed by atoms with Crippen LogP contribution in [0.25, 0.3) is 16.7 Å². The normalized spacial score (nSPS) is 10.8. The van der Waals surface area contributed by atoms with Gasteiger partial charge in [-0.3, -0.25) is 4.57 Å². The van der Waals surface area contributed by atoms with E-state index < -0.39 is 0 Å². The van der Waals surface area contributed by atoms with Crippen LogP contribution in [0.1, 0.15) is 0 Å². The zero-order chi connectivity index (χ0) is 11.8. The average Bonchev–Trinajstić information content (AvgIpc) is 2.68. The number of nitrogens with one attached hydrogen (secondary N) is 1. The number of phenolic OH excluding ortho intramolecular Hbond substituents is 1. The molecule has 1 aromatic heterocycles. The van der Waals surface area contributed by atoms with Crippen LogP contribution in [0.5, 0.6) is 5.75 Å². The molecule has 0 aliphatic carbocycles. The molecule has 17 heavy (non-hydrogen) atoms. The highest BCUT2D eigenvalue weighted by Gasteiger charge is 2.10. The molecule has 0 aliphatic rings. The highest BCUT2D eigenvalue weighted by Crippen LogP contribution is 2.22. The van der Waals surface area contributed by atoms with E-state index in [1.807, 2.05) is 30.3 Å². The van der Waals surface area contributed by atoms with E-state index in [9.17, 15) is 9.90 Å². The first-order valence-electron chi connectivity index (χ1n) is 5.25. The van der Waals surface area contributed by atoms with E-state index in [0.717, 1.165) is 5.69 Å². The molecule has 0 spiro atoms. The molecule has 0 unspecified atom stereocenters. The highest BCUT2D eigenvalue weighted by atomic mass is 16.3. The molecule has 0 fully saturated rings. The summed E-state index contributed by atoms with van der Waals surface area (Å²) in [5.74, 6) is 0.0780. The van der Waals surface area contributed by atoms with Crippen LogP contribution in [0.2, 0.25) is 0 Å². The molecule has 0 aliphatic heterocycles. The number of hydrogen-bond donors (Lipinski definition) is 2. The fourth-order valence-electron chi connectivity index (χ4n) is 1.95. The van der Waals surface area contributed by atoms with Crippen molar-refractivity contribution in [3.63, 3.8) is 0 Å². The van der Waals surface area contributed by atoms with Gasteiger partial charge in [0, 0.05) is 0 Å². The summed E-state index contributed by atoms with van der Waals surface area (Å²) in [5, 5.41) is 9.67. The minimum absolute atomic E-state index is 0.0780. The second kappa shape index (κ2) is 3.52. The Kier molecular flexibility index (Phi) is 2.01. The number of rotatable bonds is 1. The summed E-state index contributed by atoms with van der Waals surface area (Å²) in [7, 11) is 0. The van der Waals surface area contributed by atoms with Crippen molar-refractivity contribution in [1.29, 1.82) is 0 Å². The van der Waals surface area contributed by atoms with Crippen LogP contribution >= 0.6 is 0 Å². The predicted octanol–water partition coefficient (Wildman–Crippen LogP) is 2.02. The van der Waals surface area contributed by atoms with Crippen molar-refractivity contribution in [2.24, 2.45) is 0 Å². The van der Waals surface area contributed by atoms with Gasteiger partial charge in [0.25, 0.3) is 0 Å². The van der Waals surface area contributed by atoms with E-state index in [2.05, 4.69) is 4.98 Å². The van der Waals surface area contributed by atoms with Gasteiger partial charge in [0.05, 0.1) is 11.2 Å². The van der Waals surface area contributed by atoms with E-state index in [0.29, 0.717) is 11.0 Å². The lowest BCUT2D eigenvalue weighted by atomic mass is 10.2. The lowest BCUT2D eigenvalue weighted by molar-refractivity contribution is 0.480. The molecular formula is C13H10N2O2. The maximum absolute atomic E-state index is 11.9. The van der Waals surface area contributed by atoms with Crippen LogP contribution in [0.15, 0.2) is 53.3 Å². The summed E-state index contributed by atoms with van der Waals surface area (Å²) in [6.07, 6.45) is 0. The quantitative estimate of drug-likeness (QED) is 0.667. The number of nitrogens with zero attached hydrogens (tertiary/aromatic N) is 1. The molecular weight excluding hydrogens is 216 g/mol. The van der Waals surface area contributed by atoms with Crippen molar-refractivity contribution in [3.05, 3.63) is 59.0 Å². The summed E-state index contributed by atoms with van der Waals surface area (Å²) in [6.45, 7) is 0. The Morgan fingerprint density at radius 3 is 2.53 bits per heavy atom. The van der Waals surface area contributed by atoms with E-state index in [4.69, 9.17) is 0 Å². The number of aromatic amines is 1. The van der Waals surface area contributed by atoms with Gasteiger partial charge < -0.3 is 10.1 Å². The molecule has 2 aromatic carbocycles. The SMILES string of the molecule is O=c1[nH]c2c(O)cccc2n1-c1ccccc1. The predicted molar refractivity (Wildman–Crippen MR) is 65.6 cm³/mol. The van der Waals surface area contributed by atoms with E-state index in [-0.39, 0.29) is 11.4 Å². The fraction of sp³-hybridized carbons (Fsp3) is 0. The van der Waals surface area contributed by atoms with E-state index >= 15 is 0 Å². The van der Waals surface area contributed by atoms with E-state index in [1.54, 1.807) is 18.2 Å². The number of imidazole rings is 1. The van der Waals surface area contributed by atoms with Crippen molar-refractivity contribution in [3.8, 4) is 11.4 Å². The molecule has 1 heterocycles. The van der Waals surface area contributed by atoms with Crippen LogP contribution in [0, 0.1) is 0 Å². The lowest BCUT2D eigenvalue weighted by Crippen LogP contribution is -2.14. The standard InChI is InChI=1S/C13H10N2O2/c16-11-8-4-7-10-12(11)14-13(17)15(10)9-5-2-1-3-6-9/h1-8,16H,(H,14,17). The molecule has 0 saturated carbocycles. The molecule has 0 atom stereocenters. The van der Waals surface area contributed by atoms with Gasteiger partial charge in [0.15, 0.2) is 0 Å². The summed E-state index contributed by atoms with van der Waals surface area (Å²) in [5.41, 5.74) is 1.64. The van der Waals surface area contributed by atoms with Gasteiger partial charge in [-0.1, -0.05) is 24.3 Å². The van der Waals surface area contributed by atoms with Crippen molar-refractivity contribution in [2.75, 3.05) is 0 Å². The number of benzene rings is 2. The highest BCUT2D eigenvalue weighted by molar-refractivity contribution is 5.82. The molecule has 0 radical (unpaired) electrons. The molecule has 4 nitrogen and oxygen atoms in total. The number of hydrogen-bond acceptors (Lipinski definition) is 2. The van der Waals surface area contributed by atoms with Crippen LogP contribution in [-0.2, 0) is 0 Å². The Bertz CT molecular complexity index is 726. The largest absolute Gasteiger partial charge is 0.506 e. The molecule has 3 rings (SSSR count). The third-order valence-corrected chi connectivity index (χ3v) is 2.71. The summed E-state index contributed by atoms with van der Waals surface area (Å²) < 4.78 is 1.54. The lowest BCUT2D eigenvalue weighted by Gasteiger charge is -2.02. The van der Waals surface area contributed by atoms with Gasteiger partial charge in [-0.05, 0) is 24.3 Å². The number of fused-ring (bicyclic) bond motifs is 1. The monoisotopic (exact) mass is 226 g/mol. The molecule has 0 amide bonds. The van der Waals surface area contributed by atoms with Crippen LogP contribution in [0.4, 0.5) is 0 Å². The first-order chi connectivity index (χ1) is 8.27. The molecule has 3 aromatic rings. The third-order valence-electron chi connectivity index (χ3n) is 2.71. The van der Waals surface area contributed by atoms with Gasteiger partial charge in [-0.25, -0.2) is 4.79 Å². The van der Waals surface area contributed by atoms with Crippen molar-refractivity contribution in [1.82, 2.24) is 9.55 Å². The zero-order valence-electron chi connectivity index (χ0n) is 8.92. The summed E-state index contributed by atoms with van der Waals surface area (Å²) in [4.78, 5) is 14.5. The van der Waals surface area contributed by atoms with E-state index in [1.165, 1.54) is 4.57 Å². The summed E-state index contributed by atoms with van der Waals surface area (Å²) >= 11 is 0. The van der Waals surface area contributed by atoms with Gasteiger partial charge in [-0.2, -0.15) is 0 Å². The minimum Gasteiger partial charge on any atom is -0.506 e. The number of phenols is 1. The van der Waals surface area contributed by atoms with Crippen LogP contribution in [-0.4, -0.2) is 14.7 Å². The maximum atomic E-state index is 11.9. The van der Waals surface area contributed by atoms with Gasteiger partial charge in [-0.15, -0.1) is 0 Å². The minimum atomic E-state index is -0.257. The second-order valence-electron chi connectivity index (χ2n) is 3.77. The van der Waals surface area contributed by atoms with Crippen molar-refractivity contribution < 1.29 is 5.11 Å². The number of aromatic nitrogens is 2. The number of aromatic hydroxyl groups is 1. The van der Waals surface area contributed by atoms with Crippen LogP contribution < -0.4 is 5.69 Å². The Hall–Kier alpha value is -2.49. The van der Waals surface area contributed by atoms with Crippen molar-refractivity contribution in [2.45, 2.75) is 0 Å². The Morgan fingerprint density at radius 2 is 1.76 bits per heavy atom. The third kappa shape index (κ3) is 1.42. The fourth-order valence-corrected chi connectivity index (χ4v) is 1.95. The van der Waals surface area contributed by atoms with Crippen LogP contribution in [0.3, 0.4) is 0 Å². The molecule has 0 saturated heterocycles. The number of H-pyrrole nitrogens is 1. The van der Waals surface area contributed by atoms with Gasteiger partial charge >= 0.3 is 5.69 Å². The van der Waals surface area contributed by atoms with Gasteiger partial charge in [0.2, 0.25) is 0 Å². The first kappa shape index (κ1) is 9.72. The summed E-state index contributed by atoms with van der Waals surface area (Å²) in [6, 6.07) is 14.4. The topological polar surface area (TPSA) is 58.0 Å². The van der Waals surface area contributed by atoms with Crippen molar-refractivity contribution >= 4 is 11.0 Å². The Morgan fingerprint density at radius 1 is 1.00 bits per heavy atom. The first-order valence-corrected chi connectivity index (χ1v) is 5.25. The number of para-hydroxylation sites is 2. The second-order valence-corrected chi connectivity index (χ2v) is 3.77. The molecule has 0 bridgehead atoms. The molecule has 84 valence electrons. The molecule has 4 heteroatoms. The Labute approximate surface area is 96.8 Å². The Balaban J connectivity index is 2.42. The average molecular weight is 226 g/mol. The van der Waals surface area contributed by atoms with Gasteiger partial charge in [0.1, 0.15) is 11.3 Å². The smallest absolute Gasteiger partial charge is 0.331 e. The molecule has 2 N–H and O–H groups in total.